The molecule has 0 radical (unpaired) electrons. The van der Waals surface area contributed by atoms with Gasteiger partial charge in [0.25, 0.3) is 0 Å². The van der Waals surface area contributed by atoms with Crippen LogP contribution in [0.2, 0.25) is 0 Å². The zero-order valence-electron chi connectivity index (χ0n) is 11.0. The average molecular weight is 258 g/mol. The molecule has 0 bridgehead atoms. The average Bonchev–Trinajstić information content (AvgIpc) is 2.39. The molecule has 0 saturated heterocycles. The lowest BCUT2D eigenvalue weighted by atomic mass is 10.1. The van der Waals surface area contributed by atoms with Crippen molar-refractivity contribution in [3.8, 4) is 11.8 Å². The smallest absolute Gasteiger partial charge is 0.354 e. The lowest BCUT2D eigenvalue weighted by Crippen LogP contribution is -2.03. The van der Waals surface area contributed by atoms with Gasteiger partial charge in [0.05, 0.1) is 0 Å². The van der Waals surface area contributed by atoms with Crippen LogP contribution in [-0.4, -0.2) is 21.0 Å². The number of aryl methyl sites for hydroxylation is 2. The Kier molecular flexibility index (Phi) is 3.46. The molecule has 2 rings (SSSR count). The summed E-state index contributed by atoms with van der Waals surface area (Å²) in [5.41, 5.74) is 2.94. The summed E-state index contributed by atoms with van der Waals surface area (Å²) in [6.07, 6.45) is 1.37. The van der Waals surface area contributed by atoms with Gasteiger partial charge in [-0.3, -0.25) is 0 Å². The maximum Gasteiger partial charge on any atom is 0.354 e. The van der Waals surface area contributed by atoms with Gasteiger partial charge in [-0.25, -0.2) is 9.78 Å². The number of rotatable bonds is 3. The minimum absolute atomic E-state index is 0.0386. The summed E-state index contributed by atoms with van der Waals surface area (Å²) in [7, 11) is 0. The molecule has 98 valence electrons. The minimum atomic E-state index is -1.11. The number of carbonyl (C=O) groups is 1. The van der Waals surface area contributed by atoms with Crippen molar-refractivity contribution in [2.75, 3.05) is 0 Å². The molecule has 0 amide bonds. The van der Waals surface area contributed by atoms with Gasteiger partial charge in [-0.05, 0) is 43.5 Å². The van der Waals surface area contributed by atoms with Crippen molar-refractivity contribution in [1.29, 1.82) is 0 Å². The van der Waals surface area contributed by atoms with Crippen LogP contribution in [0.1, 0.15) is 27.2 Å². The molecular formula is C14H14N2O3. The Morgan fingerprint density at radius 2 is 1.84 bits per heavy atom. The lowest BCUT2D eigenvalue weighted by Gasteiger charge is -2.12. The number of hydrogen-bond acceptors (Lipinski definition) is 4. The molecule has 5 heteroatoms. The molecular weight excluding hydrogens is 244 g/mol. The zero-order chi connectivity index (χ0) is 14.0. The second kappa shape index (κ2) is 5.06. The quantitative estimate of drug-likeness (QED) is 0.916. The molecule has 0 unspecified atom stereocenters. The van der Waals surface area contributed by atoms with Gasteiger partial charge in [0.2, 0.25) is 0 Å². The molecule has 0 aliphatic rings. The third kappa shape index (κ3) is 2.70. The standard InChI is InChI=1S/C14H14N2O3/c1-8-4-5-9(2)12(10(8)3)19-14-15-7-6-11(16-14)13(17)18/h4-7H,1-3H3,(H,17,18). The predicted octanol–water partition coefficient (Wildman–Crippen LogP) is 2.89. The SMILES string of the molecule is Cc1ccc(C)c(Oc2nccc(C(=O)O)n2)c1C. The fourth-order valence-corrected chi connectivity index (χ4v) is 1.68. The van der Waals surface area contributed by atoms with Crippen molar-refractivity contribution in [3.05, 3.63) is 46.8 Å². The van der Waals surface area contributed by atoms with Crippen LogP contribution in [0, 0.1) is 20.8 Å². The Labute approximate surface area is 110 Å². The lowest BCUT2D eigenvalue weighted by molar-refractivity contribution is 0.0689. The molecule has 0 atom stereocenters. The Balaban J connectivity index is 2.39. The normalized spacial score (nSPS) is 10.3. The molecule has 0 saturated carbocycles. The topological polar surface area (TPSA) is 72.3 Å². The summed E-state index contributed by atoms with van der Waals surface area (Å²) in [6, 6.07) is 5.31. The van der Waals surface area contributed by atoms with Gasteiger partial charge in [0.15, 0.2) is 5.69 Å². The van der Waals surface area contributed by atoms with Crippen LogP contribution in [0.25, 0.3) is 0 Å². The Morgan fingerprint density at radius 1 is 1.16 bits per heavy atom. The van der Waals surface area contributed by atoms with Gasteiger partial charge in [-0.2, -0.15) is 4.98 Å². The van der Waals surface area contributed by atoms with E-state index in [0.29, 0.717) is 5.75 Å². The molecule has 5 nitrogen and oxygen atoms in total. The van der Waals surface area contributed by atoms with Crippen LogP contribution in [0.5, 0.6) is 11.8 Å². The van der Waals surface area contributed by atoms with Gasteiger partial charge in [0.1, 0.15) is 5.75 Å². The van der Waals surface area contributed by atoms with Crippen molar-refractivity contribution < 1.29 is 14.6 Å². The van der Waals surface area contributed by atoms with Crippen LogP contribution in [0.15, 0.2) is 24.4 Å². The Morgan fingerprint density at radius 3 is 2.53 bits per heavy atom. The van der Waals surface area contributed by atoms with Crippen molar-refractivity contribution in [2.24, 2.45) is 0 Å². The van der Waals surface area contributed by atoms with Crippen LogP contribution in [0.3, 0.4) is 0 Å². The van der Waals surface area contributed by atoms with Crippen molar-refractivity contribution in [2.45, 2.75) is 20.8 Å². The summed E-state index contributed by atoms with van der Waals surface area (Å²) in [6.45, 7) is 5.84. The third-order valence-electron chi connectivity index (χ3n) is 2.92. The van der Waals surface area contributed by atoms with Crippen LogP contribution in [-0.2, 0) is 0 Å². The van der Waals surface area contributed by atoms with Gasteiger partial charge in [-0.15, -0.1) is 0 Å². The maximum absolute atomic E-state index is 10.8. The number of nitrogens with zero attached hydrogens (tertiary/aromatic N) is 2. The van der Waals surface area contributed by atoms with Crippen molar-refractivity contribution in [3.63, 3.8) is 0 Å². The highest BCUT2D eigenvalue weighted by atomic mass is 16.5. The summed E-state index contributed by atoms with van der Waals surface area (Å²) in [5.74, 6) is -0.438. The van der Waals surface area contributed by atoms with Gasteiger partial charge in [0, 0.05) is 6.20 Å². The van der Waals surface area contributed by atoms with E-state index in [0.717, 1.165) is 16.7 Å². The Hall–Kier alpha value is -2.43. The highest BCUT2D eigenvalue weighted by Gasteiger charge is 2.11. The first-order chi connectivity index (χ1) is 8.99. The molecule has 1 heterocycles. The number of aromatic carboxylic acids is 1. The van der Waals surface area contributed by atoms with Gasteiger partial charge in [-0.1, -0.05) is 12.1 Å². The molecule has 1 aromatic carbocycles. The van der Waals surface area contributed by atoms with Gasteiger partial charge < -0.3 is 9.84 Å². The molecule has 0 aliphatic heterocycles. The second-order valence-corrected chi connectivity index (χ2v) is 4.29. The van der Waals surface area contributed by atoms with E-state index in [1.165, 1.54) is 12.3 Å². The van der Waals surface area contributed by atoms with E-state index in [1.807, 2.05) is 32.9 Å². The highest BCUT2D eigenvalue weighted by Crippen LogP contribution is 2.28. The number of carboxylic acids is 1. The van der Waals surface area contributed by atoms with Gasteiger partial charge >= 0.3 is 12.0 Å². The van der Waals surface area contributed by atoms with E-state index in [-0.39, 0.29) is 11.7 Å². The monoisotopic (exact) mass is 258 g/mol. The Bertz CT molecular complexity index is 639. The van der Waals surface area contributed by atoms with E-state index >= 15 is 0 Å². The molecule has 1 N–H and O–H groups in total. The van der Waals surface area contributed by atoms with Crippen LogP contribution >= 0.6 is 0 Å². The second-order valence-electron chi connectivity index (χ2n) is 4.29. The molecule has 0 spiro atoms. The number of hydrogen-bond donors (Lipinski definition) is 1. The largest absolute Gasteiger partial charge is 0.477 e. The molecule has 2 aromatic rings. The van der Waals surface area contributed by atoms with E-state index in [1.54, 1.807) is 0 Å². The summed E-state index contributed by atoms with van der Waals surface area (Å²) in [4.78, 5) is 18.6. The highest BCUT2D eigenvalue weighted by molar-refractivity contribution is 5.85. The van der Waals surface area contributed by atoms with Crippen LogP contribution in [0.4, 0.5) is 0 Å². The van der Waals surface area contributed by atoms with E-state index in [2.05, 4.69) is 9.97 Å². The molecule has 0 aliphatic carbocycles. The first-order valence-corrected chi connectivity index (χ1v) is 5.80. The van der Waals surface area contributed by atoms with E-state index in [9.17, 15) is 4.79 Å². The van der Waals surface area contributed by atoms with E-state index in [4.69, 9.17) is 9.84 Å². The summed E-state index contributed by atoms with van der Waals surface area (Å²) < 4.78 is 5.63. The number of ether oxygens (including phenoxy) is 1. The molecule has 0 fully saturated rings. The van der Waals surface area contributed by atoms with Crippen LogP contribution < -0.4 is 4.74 Å². The fourth-order valence-electron chi connectivity index (χ4n) is 1.68. The zero-order valence-corrected chi connectivity index (χ0v) is 11.0. The summed E-state index contributed by atoms with van der Waals surface area (Å²) in [5, 5.41) is 8.88. The van der Waals surface area contributed by atoms with Crippen molar-refractivity contribution >= 4 is 5.97 Å². The maximum atomic E-state index is 10.8. The number of carboxylic acid groups (broad SMARTS) is 1. The molecule has 1 aromatic heterocycles. The van der Waals surface area contributed by atoms with E-state index < -0.39 is 5.97 Å². The third-order valence-corrected chi connectivity index (χ3v) is 2.92. The fraction of sp³-hybridized carbons (Fsp3) is 0.214. The first-order valence-electron chi connectivity index (χ1n) is 5.80. The minimum Gasteiger partial charge on any atom is -0.477 e. The molecule has 19 heavy (non-hydrogen) atoms. The van der Waals surface area contributed by atoms with Crippen molar-refractivity contribution in [1.82, 2.24) is 9.97 Å². The predicted molar refractivity (Wildman–Crippen MR) is 69.7 cm³/mol. The number of benzene rings is 1. The first kappa shape index (κ1) is 13.0. The number of aromatic nitrogens is 2. The summed E-state index contributed by atoms with van der Waals surface area (Å²) >= 11 is 0.